The van der Waals surface area contributed by atoms with Gasteiger partial charge in [-0.2, -0.15) is 0 Å². The molecule has 2 amide bonds. The number of piperazine rings is 1. The van der Waals surface area contributed by atoms with Gasteiger partial charge in [-0.05, 0) is 44.7 Å². The molecule has 0 saturated carbocycles. The van der Waals surface area contributed by atoms with Gasteiger partial charge in [0.15, 0.2) is 0 Å². The number of nitrogens with one attached hydrogen (secondary N) is 1. The van der Waals surface area contributed by atoms with Crippen LogP contribution in [0.25, 0.3) is 0 Å². The summed E-state index contributed by atoms with van der Waals surface area (Å²) in [5.74, 6) is 1.61. The zero-order chi connectivity index (χ0) is 20.1. The third-order valence-corrected chi connectivity index (χ3v) is 5.91. The summed E-state index contributed by atoms with van der Waals surface area (Å²) in [6.45, 7) is 12.2. The van der Waals surface area contributed by atoms with E-state index in [4.69, 9.17) is 4.42 Å². The molecule has 3 rings (SSSR count). The quantitative estimate of drug-likeness (QED) is 0.699. The number of carbonyl (C=O) groups excluding carboxylic acids is 2. The molecule has 0 aromatic carbocycles. The lowest BCUT2D eigenvalue weighted by atomic mass is 9.87. The molecule has 0 radical (unpaired) electrons. The van der Waals surface area contributed by atoms with Crippen LogP contribution in [0.15, 0.2) is 41.9 Å². The van der Waals surface area contributed by atoms with Crippen molar-refractivity contribution in [2.45, 2.75) is 57.2 Å². The molecular weight excluding hydrogens is 354 g/mol. The number of aryl methyl sites for hydroxylation is 1. The van der Waals surface area contributed by atoms with Crippen LogP contribution in [0.5, 0.6) is 0 Å². The molecule has 1 unspecified atom stereocenters. The first-order valence-electron chi connectivity index (χ1n) is 10.1. The van der Waals surface area contributed by atoms with Crippen molar-refractivity contribution in [2.24, 2.45) is 0 Å². The van der Waals surface area contributed by atoms with Gasteiger partial charge in [-0.3, -0.25) is 14.5 Å². The predicted octanol–water partition coefficient (Wildman–Crippen LogP) is 2.79. The lowest BCUT2D eigenvalue weighted by Crippen LogP contribution is -2.57. The van der Waals surface area contributed by atoms with Crippen LogP contribution in [-0.2, 0) is 16.1 Å². The number of furan rings is 1. The van der Waals surface area contributed by atoms with Gasteiger partial charge in [0, 0.05) is 25.2 Å². The first-order chi connectivity index (χ1) is 13.5. The first kappa shape index (κ1) is 20.4. The molecule has 2 fully saturated rings. The number of amides is 2. The van der Waals surface area contributed by atoms with Gasteiger partial charge in [0.1, 0.15) is 11.5 Å². The van der Waals surface area contributed by atoms with Crippen LogP contribution in [0, 0.1) is 6.92 Å². The maximum absolute atomic E-state index is 13.3. The smallest absolute Gasteiger partial charge is 0.237 e. The van der Waals surface area contributed by atoms with Crippen LogP contribution >= 0.6 is 0 Å². The Morgan fingerprint density at radius 1 is 1.32 bits per heavy atom. The molecule has 1 aromatic rings. The molecule has 2 aliphatic heterocycles. The van der Waals surface area contributed by atoms with Gasteiger partial charge in [-0.25, -0.2) is 0 Å². The zero-order valence-corrected chi connectivity index (χ0v) is 16.8. The minimum absolute atomic E-state index is 0.0314. The van der Waals surface area contributed by atoms with Crippen LogP contribution in [0.3, 0.4) is 0 Å². The fourth-order valence-electron chi connectivity index (χ4n) is 4.59. The van der Waals surface area contributed by atoms with E-state index in [0.717, 1.165) is 43.7 Å². The van der Waals surface area contributed by atoms with E-state index in [9.17, 15) is 9.59 Å². The average molecular weight is 386 g/mol. The summed E-state index contributed by atoms with van der Waals surface area (Å²) in [6.07, 6.45) is 7.36. The van der Waals surface area contributed by atoms with Crippen LogP contribution in [0.1, 0.15) is 43.6 Å². The number of hydrogen-bond donors (Lipinski definition) is 1. The van der Waals surface area contributed by atoms with E-state index in [0.29, 0.717) is 19.6 Å². The maximum atomic E-state index is 13.3. The van der Waals surface area contributed by atoms with E-state index in [1.165, 1.54) is 0 Å². The minimum atomic E-state index is -0.475. The Morgan fingerprint density at radius 2 is 2.07 bits per heavy atom. The molecule has 28 heavy (non-hydrogen) atoms. The molecule has 1 atom stereocenters. The largest absolute Gasteiger partial charge is 0.465 e. The van der Waals surface area contributed by atoms with E-state index in [1.807, 2.05) is 41.0 Å². The third-order valence-electron chi connectivity index (χ3n) is 5.91. The van der Waals surface area contributed by atoms with Crippen molar-refractivity contribution in [2.75, 3.05) is 19.6 Å². The zero-order valence-electron chi connectivity index (χ0n) is 16.8. The molecule has 152 valence electrons. The Hall–Kier alpha value is -2.34. The molecule has 2 aliphatic rings. The standard InChI is InChI=1S/C22H31N3O3/c1-4-9-22(10-5-2)11-6-13-25(22)20(26)15-19-21(27)23-12-14-24(19)16-18-8-7-17(3)28-18/h4-5,7-8,19H,1-2,6,9-16H2,3H3,(H,23,27). The Balaban J connectivity index is 1.74. The van der Waals surface area contributed by atoms with Gasteiger partial charge in [0.05, 0.1) is 19.0 Å². The molecule has 1 N–H and O–H groups in total. The van der Waals surface area contributed by atoms with Crippen molar-refractivity contribution in [3.05, 3.63) is 49.0 Å². The molecule has 6 nitrogen and oxygen atoms in total. The van der Waals surface area contributed by atoms with Crippen molar-refractivity contribution >= 4 is 11.8 Å². The molecular formula is C22H31N3O3. The van der Waals surface area contributed by atoms with Gasteiger partial charge >= 0.3 is 0 Å². The lowest BCUT2D eigenvalue weighted by Gasteiger charge is -2.40. The Kier molecular flexibility index (Phi) is 6.39. The van der Waals surface area contributed by atoms with Crippen molar-refractivity contribution in [1.82, 2.24) is 15.1 Å². The number of carbonyl (C=O) groups is 2. The van der Waals surface area contributed by atoms with Crippen LogP contribution < -0.4 is 5.32 Å². The summed E-state index contributed by atoms with van der Waals surface area (Å²) in [4.78, 5) is 29.8. The summed E-state index contributed by atoms with van der Waals surface area (Å²) in [5, 5.41) is 2.91. The summed E-state index contributed by atoms with van der Waals surface area (Å²) in [5.41, 5.74) is -0.241. The topological polar surface area (TPSA) is 65.8 Å². The van der Waals surface area contributed by atoms with Gasteiger partial charge in [0.25, 0.3) is 0 Å². The summed E-state index contributed by atoms with van der Waals surface area (Å²) in [7, 11) is 0. The second-order valence-electron chi connectivity index (χ2n) is 7.85. The van der Waals surface area contributed by atoms with E-state index in [1.54, 1.807) is 0 Å². The molecule has 1 aromatic heterocycles. The van der Waals surface area contributed by atoms with E-state index < -0.39 is 6.04 Å². The fourth-order valence-corrected chi connectivity index (χ4v) is 4.59. The molecule has 3 heterocycles. The Labute approximate surface area is 167 Å². The van der Waals surface area contributed by atoms with E-state index >= 15 is 0 Å². The van der Waals surface area contributed by atoms with Crippen molar-refractivity contribution < 1.29 is 14.0 Å². The summed E-state index contributed by atoms with van der Waals surface area (Å²) >= 11 is 0. The maximum Gasteiger partial charge on any atom is 0.237 e. The molecule has 2 saturated heterocycles. The van der Waals surface area contributed by atoms with Crippen molar-refractivity contribution in [3.8, 4) is 0 Å². The third kappa shape index (κ3) is 4.22. The number of rotatable bonds is 8. The summed E-state index contributed by atoms with van der Waals surface area (Å²) in [6, 6.07) is 3.38. The van der Waals surface area contributed by atoms with Gasteiger partial charge in [-0.15, -0.1) is 13.2 Å². The Bertz CT molecular complexity index is 729. The molecule has 0 bridgehead atoms. The van der Waals surface area contributed by atoms with E-state index in [-0.39, 0.29) is 23.8 Å². The highest BCUT2D eigenvalue weighted by Gasteiger charge is 2.43. The normalized spacial score (nSPS) is 22.1. The highest BCUT2D eigenvalue weighted by Crippen LogP contribution is 2.37. The summed E-state index contributed by atoms with van der Waals surface area (Å²) < 4.78 is 5.68. The molecule has 0 spiro atoms. The highest BCUT2D eigenvalue weighted by molar-refractivity contribution is 5.89. The van der Waals surface area contributed by atoms with Crippen molar-refractivity contribution in [3.63, 3.8) is 0 Å². The van der Waals surface area contributed by atoms with Crippen LogP contribution in [0.2, 0.25) is 0 Å². The second kappa shape index (κ2) is 8.78. The van der Waals surface area contributed by atoms with E-state index in [2.05, 4.69) is 18.5 Å². The number of hydrogen-bond acceptors (Lipinski definition) is 4. The van der Waals surface area contributed by atoms with Crippen molar-refractivity contribution in [1.29, 1.82) is 0 Å². The average Bonchev–Trinajstić information content (AvgIpc) is 3.25. The molecule has 0 aliphatic carbocycles. The highest BCUT2D eigenvalue weighted by atomic mass is 16.3. The minimum Gasteiger partial charge on any atom is -0.465 e. The van der Waals surface area contributed by atoms with Crippen LogP contribution in [-0.4, -0.2) is 52.8 Å². The monoisotopic (exact) mass is 385 g/mol. The number of nitrogens with zero attached hydrogens (tertiary/aromatic N) is 2. The van der Waals surface area contributed by atoms with Gasteiger partial charge in [-0.1, -0.05) is 12.2 Å². The lowest BCUT2D eigenvalue weighted by molar-refractivity contribution is -0.142. The van der Waals surface area contributed by atoms with Crippen LogP contribution in [0.4, 0.5) is 0 Å². The predicted molar refractivity (Wildman–Crippen MR) is 109 cm³/mol. The second-order valence-corrected chi connectivity index (χ2v) is 7.85. The number of likely N-dealkylation sites (tertiary alicyclic amines) is 1. The fraction of sp³-hybridized carbons (Fsp3) is 0.545. The first-order valence-corrected chi connectivity index (χ1v) is 10.1. The van der Waals surface area contributed by atoms with Gasteiger partial charge < -0.3 is 14.6 Å². The van der Waals surface area contributed by atoms with Gasteiger partial charge in [0.2, 0.25) is 11.8 Å². The molecule has 6 heteroatoms. The Morgan fingerprint density at radius 3 is 2.71 bits per heavy atom. The SMILES string of the molecule is C=CCC1(CC=C)CCCN1C(=O)CC1C(=O)NCCN1Cc1ccc(C)o1.